The maximum atomic E-state index is 11.9. The van der Waals surface area contributed by atoms with Crippen LogP contribution >= 0.6 is 0 Å². The van der Waals surface area contributed by atoms with E-state index in [1.807, 2.05) is 0 Å². The van der Waals surface area contributed by atoms with Gasteiger partial charge in [0.15, 0.2) is 0 Å². The molecule has 1 rings (SSSR count). The fourth-order valence-corrected chi connectivity index (χ4v) is 10.9. The Morgan fingerprint density at radius 1 is 0.333 bits per heavy atom. The second-order valence-electron chi connectivity index (χ2n) is 8.17. The predicted molar refractivity (Wildman–Crippen MR) is 120 cm³/mol. The second kappa shape index (κ2) is 10.9. The van der Waals surface area contributed by atoms with E-state index in [1.54, 1.807) is 0 Å². The van der Waals surface area contributed by atoms with E-state index in [-0.39, 0.29) is 0 Å². The molecule has 0 aromatic rings. The van der Waals surface area contributed by atoms with Crippen LogP contribution in [0.2, 0.25) is 0 Å². The molecule has 0 spiro atoms. The minimum atomic E-state index is -5.65. The minimum absolute atomic E-state index is 1.17. The maximum Gasteiger partial charge on any atom is 0.269 e. The third-order valence-corrected chi connectivity index (χ3v) is 13.5. The Hall–Kier alpha value is -0.540. The van der Waals surface area contributed by atoms with Gasteiger partial charge >= 0.3 is 0 Å². The van der Waals surface area contributed by atoms with Gasteiger partial charge in [-0.05, 0) is 38.5 Å². The fraction of sp³-hybridized carbons (Fsp3) is 1.00. The first-order valence-corrected chi connectivity index (χ1v) is 18.4. The Morgan fingerprint density at radius 2 is 0.611 bits per heavy atom. The van der Waals surface area contributed by atoms with Gasteiger partial charge in [-0.3, -0.25) is 27.3 Å². The van der Waals surface area contributed by atoms with Crippen molar-refractivity contribution >= 4 is 60.7 Å². The summed E-state index contributed by atoms with van der Waals surface area (Å²) in [6, 6.07) is 0. The molecule has 36 heavy (non-hydrogen) atoms. The highest BCUT2D eigenvalue weighted by Gasteiger charge is 2.47. The lowest BCUT2D eigenvalue weighted by molar-refractivity contribution is 0.386. The molecule has 0 bridgehead atoms. The van der Waals surface area contributed by atoms with Crippen molar-refractivity contribution in [2.45, 2.75) is 70.0 Å². The molecule has 0 aliphatic heterocycles. The van der Waals surface area contributed by atoms with Crippen molar-refractivity contribution < 1.29 is 77.8 Å². The van der Waals surface area contributed by atoms with Crippen LogP contribution in [0.4, 0.5) is 0 Å². The largest absolute Gasteiger partial charge is 0.285 e. The summed E-state index contributed by atoms with van der Waals surface area (Å²) in [6.45, 7) is 0. The summed E-state index contributed by atoms with van der Waals surface area (Å²) in [5.74, 6) is 0. The van der Waals surface area contributed by atoms with Crippen LogP contribution < -0.4 is 0 Å². The molecule has 0 amide bonds. The topological polar surface area (TPSA) is 326 Å². The average Bonchev–Trinajstić information content (AvgIpc) is 2.55. The lowest BCUT2D eigenvalue weighted by atomic mass is 9.99. The van der Waals surface area contributed by atoms with E-state index < -0.39 is 131 Å². The summed E-state index contributed by atoms with van der Waals surface area (Å²) in [7, 11) is -33.0. The van der Waals surface area contributed by atoms with Crippen LogP contribution in [-0.2, 0) is 60.7 Å². The molecule has 24 heteroatoms. The smallest absolute Gasteiger partial charge is 0.269 e. The maximum absolute atomic E-state index is 11.9. The average molecular weight is 649 g/mol. The van der Waals surface area contributed by atoms with E-state index >= 15 is 0 Å². The SMILES string of the molecule is O=S(=O)(O)C1CCC(S(=O)(=O)O)C(S(=O)(=O)O)C[C@H](S(=O)(=O)O)CC(S(=O)(=O)O)CC(S(=O)(=O)O)C1. The van der Waals surface area contributed by atoms with Crippen molar-refractivity contribution in [3.63, 3.8) is 0 Å². The quantitative estimate of drug-likeness (QED) is 0.168. The van der Waals surface area contributed by atoms with Gasteiger partial charge in [-0.25, -0.2) is 0 Å². The normalized spacial score (nSPS) is 31.2. The van der Waals surface area contributed by atoms with Crippen LogP contribution in [0.25, 0.3) is 0 Å². The summed E-state index contributed by atoms with van der Waals surface area (Å²) < 4.78 is 199. The van der Waals surface area contributed by atoms with E-state index in [0.717, 1.165) is 0 Å². The Kier molecular flexibility index (Phi) is 10.2. The Bertz CT molecular complexity index is 1450. The van der Waals surface area contributed by atoms with Crippen LogP contribution in [0.5, 0.6) is 0 Å². The molecule has 0 aromatic carbocycles. The summed E-state index contributed by atoms with van der Waals surface area (Å²) >= 11 is 0. The van der Waals surface area contributed by atoms with Crippen molar-refractivity contribution in [1.29, 1.82) is 0 Å². The zero-order valence-corrected chi connectivity index (χ0v) is 22.6. The lowest BCUT2D eigenvalue weighted by Gasteiger charge is -2.30. The van der Waals surface area contributed by atoms with Gasteiger partial charge in [-0.2, -0.15) is 50.5 Å². The molecule has 0 radical (unpaired) electrons. The van der Waals surface area contributed by atoms with E-state index in [9.17, 15) is 77.8 Å². The van der Waals surface area contributed by atoms with Gasteiger partial charge in [0.25, 0.3) is 60.7 Å². The van der Waals surface area contributed by atoms with Gasteiger partial charge in [-0.15, -0.1) is 0 Å². The highest BCUT2D eigenvalue weighted by molar-refractivity contribution is 7.91. The number of hydrogen-bond donors (Lipinski definition) is 6. The highest BCUT2D eigenvalue weighted by Crippen LogP contribution is 2.32. The summed E-state index contributed by atoms with van der Waals surface area (Å²) in [5.41, 5.74) is 0. The first-order valence-electron chi connectivity index (χ1n) is 9.43. The van der Waals surface area contributed by atoms with Gasteiger partial charge in [0.05, 0.1) is 21.0 Å². The Labute approximate surface area is 208 Å². The molecule has 0 heterocycles. The molecule has 216 valence electrons. The predicted octanol–water partition coefficient (Wildman–Crippen LogP) is -2.12. The van der Waals surface area contributed by atoms with Crippen molar-refractivity contribution in [3.8, 4) is 0 Å². The van der Waals surface area contributed by atoms with Gasteiger partial charge in [0.1, 0.15) is 10.5 Å². The molecule has 6 atom stereocenters. The van der Waals surface area contributed by atoms with Crippen molar-refractivity contribution in [2.75, 3.05) is 0 Å². The molecule has 1 aliphatic carbocycles. The third-order valence-electron chi connectivity index (χ3n) is 5.71. The Balaban J connectivity index is 3.98. The zero-order valence-electron chi connectivity index (χ0n) is 17.7. The van der Waals surface area contributed by atoms with E-state index in [0.29, 0.717) is 0 Å². The molecular formula is C12H24O18S6. The second-order valence-corrected chi connectivity index (χ2v) is 18.2. The highest BCUT2D eigenvalue weighted by atomic mass is 32.2. The molecule has 0 saturated heterocycles. The third kappa shape index (κ3) is 9.64. The summed E-state index contributed by atoms with van der Waals surface area (Å²) in [6.07, 6.45) is -8.39. The van der Waals surface area contributed by atoms with E-state index in [1.165, 1.54) is 0 Å². The molecule has 1 aliphatic rings. The van der Waals surface area contributed by atoms with Crippen LogP contribution in [0.3, 0.4) is 0 Å². The number of hydrogen-bond acceptors (Lipinski definition) is 12. The lowest BCUT2D eigenvalue weighted by Crippen LogP contribution is -2.46. The van der Waals surface area contributed by atoms with Gasteiger partial charge in [0.2, 0.25) is 0 Å². The van der Waals surface area contributed by atoms with Gasteiger partial charge < -0.3 is 0 Å². The summed E-state index contributed by atoms with van der Waals surface area (Å²) in [5, 5.41) is -15.5. The first kappa shape index (κ1) is 33.5. The summed E-state index contributed by atoms with van der Waals surface area (Å²) in [4.78, 5) is 0. The van der Waals surface area contributed by atoms with E-state index in [4.69, 9.17) is 0 Å². The molecule has 1 fully saturated rings. The van der Waals surface area contributed by atoms with Crippen molar-refractivity contribution in [2.24, 2.45) is 0 Å². The standard InChI is InChI=1S/C12H24O18S6/c13-31(14,15)7-1-2-11(35(25,26)27)12(36(28,29)30)6-10(34(22,23)24)5-9(33(19,20)21)4-8(3-7)32(16,17)18/h7-12H,1-6H2,(H,13,14,15)(H,16,17,18)(H,19,20,21)(H,22,23,24)(H,25,26,27)(H,28,29,30)/t7?,8?,9?,10-,11?,12?/m1/s1. The van der Waals surface area contributed by atoms with Crippen LogP contribution in [0.1, 0.15) is 38.5 Å². The molecule has 0 aromatic heterocycles. The molecule has 5 unspecified atom stereocenters. The monoisotopic (exact) mass is 648 g/mol. The van der Waals surface area contributed by atoms with Crippen molar-refractivity contribution in [1.82, 2.24) is 0 Å². The zero-order chi connectivity index (χ0) is 28.7. The van der Waals surface area contributed by atoms with Gasteiger partial charge in [-0.1, -0.05) is 0 Å². The van der Waals surface area contributed by atoms with Crippen LogP contribution in [0.15, 0.2) is 0 Å². The van der Waals surface area contributed by atoms with Crippen molar-refractivity contribution in [3.05, 3.63) is 0 Å². The molecule has 1 saturated carbocycles. The van der Waals surface area contributed by atoms with Gasteiger partial charge in [0, 0.05) is 0 Å². The molecular weight excluding hydrogens is 625 g/mol. The minimum Gasteiger partial charge on any atom is -0.285 e. The number of rotatable bonds is 6. The van der Waals surface area contributed by atoms with Crippen LogP contribution in [-0.4, -0.2) is 109 Å². The first-order chi connectivity index (χ1) is 15.6. The molecule has 18 nitrogen and oxygen atoms in total. The van der Waals surface area contributed by atoms with E-state index in [2.05, 4.69) is 0 Å². The van der Waals surface area contributed by atoms with Crippen LogP contribution in [0, 0.1) is 0 Å². The molecule has 6 N–H and O–H groups in total. The Morgan fingerprint density at radius 3 is 0.889 bits per heavy atom. The fourth-order valence-electron chi connectivity index (χ4n) is 3.89.